The van der Waals surface area contributed by atoms with E-state index in [4.69, 9.17) is 19.9 Å². The summed E-state index contributed by atoms with van der Waals surface area (Å²) < 4.78 is 30.7. The summed E-state index contributed by atoms with van der Waals surface area (Å²) in [5.41, 5.74) is 7.80. The number of halogens is 1. The van der Waals surface area contributed by atoms with Gasteiger partial charge in [0.2, 0.25) is 0 Å². The van der Waals surface area contributed by atoms with Crippen LogP contribution in [0.4, 0.5) is 4.39 Å². The van der Waals surface area contributed by atoms with Gasteiger partial charge < -0.3 is 19.9 Å². The van der Waals surface area contributed by atoms with E-state index >= 15 is 0 Å². The van der Waals surface area contributed by atoms with Crippen molar-refractivity contribution in [3.63, 3.8) is 0 Å². The minimum absolute atomic E-state index is 0.0834. The Morgan fingerprint density at radius 2 is 1.79 bits per heavy atom. The predicted molar refractivity (Wildman–Crippen MR) is 103 cm³/mol. The molecule has 2 N–H and O–H groups in total. The summed E-state index contributed by atoms with van der Waals surface area (Å²) in [6, 6.07) is 15.3. The minimum atomic E-state index is -0.818. The molecule has 0 spiro atoms. The Labute approximate surface area is 164 Å². The van der Waals surface area contributed by atoms with Gasteiger partial charge in [-0.2, -0.15) is 0 Å². The van der Waals surface area contributed by atoms with Crippen LogP contribution in [-0.2, 0) is 32.0 Å². The molecule has 3 rings (SSSR count). The molecule has 5 nitrogen and oxygen atoms in total. The van der Waals surface area contributed by atoms with Gasteiger partial charge in [-0.3, -0.25) is 4.79 Å². The smallest absolute Gasteiger partial charge is 0.325 e. The van der Waals surface area contributed by atoms with Crippen molar-refractivity contribution in [3.8, 4) is 0 Å². The fourth-order valence-electron chi connectivity index (χ4n) is 3.30. The maximum atomic E-state index is 13.3. The van der Waals surface area contributed by atoms with Crippen LogP contribution in [-0.4, -0.2) is 37.4 Å². The van der Waals surface area contributed by atoms with Crippen molar-refractivity contribution in [1.82, 2.24) is 0 Å². The molecule has 2 aromatic rings. The van der Waals surface area contributed by atoms with E-state index < -0.39 is 18.1 Å². The van der Waals surface area contributed by atoms with Crippen LogP contribution >= 0.6 is 0 Å². The van der Waals surface area contributed by atoms with Crippen LogP contribution in [0, 0.1) is 11.7 Å². The molecule has 0 bridgehead atoms. The molecule has 1 fully saturated rings. The van der Waals surface area contributed by atoms with Crippen LogP contribution < -0.4 is 5.73 Å². The summed E-state index contributed by atoms with van der Waals surface area (Å²) in [7, 11) is 0. The van der Waals surface area contributed by atoms with Gasteiger partial charge in [0.25, 0.3) is 0 Å². The molecule has 150 valence electrons. The standard InChI is InChI=1S/C22H26FNO4/c1-15-19(11-16-7-9-18(23)10-8-16)21(14-26-13-20(24)22(25)28-15)27-12-17-5-3-2-4-6-17/h2-10,15,19-21H,11-14,24H2,1H3. The monoisotopic (exact) mass is 387 g/mol. The van der Waals surface area contributed by atoms with Gasteiger partial charge in [0.1, 0.15) is 18.0 Å². The Morgan fingerprint density at radius 1 is 1.07 bits per heavy atom. The minimum Gasteiger partial charge on any atom is -0.461 e. The maximum Gasteiger partial charge on any atom is 0.325 e. The van der Waals surface area contributed by atoms with Crippen molar-refractivity contribution in [3.05, 3.63) is 71.5 Å². The number of carbonyl (C=O) groups excluding carboxylic acids is 1. The molecular formula is C22H26FNO4. The summed E-state index contributed by atoms with van der Waals surface area (Å²) in [5.74, 6) is -0.937. The number of hydrogen-bond donors (Lipinski definition) is 1. The maximum absolute atomic E-state index is 13.3. The highest BCUT2D eigenvalue weighted by molar-refractivity contribution is 5.75. The molecule has 1 heterocycles. The zero-order valence-corrected chi connectivity index (χ0v) is 15.9. The summed E-state index contributed by atoms with van der Waals surface area (Å²) in [6.07, 6.45) is -0.170. The van der Waals surface area contributed by atoms with E-state index in [1.807, 2.05) is 37.3 Å². The summed E-state index contributed by atoms with van der Waals surface area (Å²) in [6.45, 7) is 2.64. The molecule has 0 radical (unpaired) electrons. The summed E-state index contributed by atoms with van der Waals surface area (Å²) >= 11 is 0. The van der Waals surface area contributed by atoms with Gasteiger partial charge in [-0.05, 0) is 36.6 Å². The normalized spacial score (nSPS) is 26.0. The molecule has 28 heavy (non-hydrogen) atoms. The Kier molecular flexibility index (Phi) is 7.14. The van der Waals surface area contributed by atoms with E-state index in [2.05, 4.69) is 0 Å². The van der Waals surface area contributed by atoms with Crippen LogP contribution in [0.15, 0.2) is 54.6 Å². The van der Waals surface area contributed by atoms with Gasteiger partial charge in [-0.15, -0.1) is 0 Å². The average molecular weight is 387 g/mol. The number of cyclic esters (lactones) is 1. The van der Waals surface area contributed by atoms with Crippen molar-refractivity contribution in [2.24, 2.45) is 11.7 Å². The second kappa shape index (κ2) is 9.78. The van der Waals surface area contributed by atoms with Crippen molar-refractivity contribution in [1.29, 1.82) is 0 Å². The predicted octanol–water partition coefficient (Wildman–Crippen LogP) is 2.86. The molecular weight excluding hydrogens is 361 g/mol. The third-order valence-electron chi connectivity index (χ3n) is 4.96. The van der Waals surface area contributed by atoms with Gasteiger partial charge in [-0.25, -0.2) is 4.39 Å². The second-order valence-corrected chi connectivity index (χ2v) is 7.12. The average Bonchev–Trinajstić information content (AvgIpc) is 2.74. The molecule has 0 aromatic heterocycles. The number of rotatable bonds is 5. The van der Waals surface area contributed by atoms with Gasteiger partial charge in [0.05, 0.1) is 25.9 Å². The molecule has 0 saturated carbocycles. The molecule has 4 atom stereocenters. The lowest BCUT2D eigenvalue weighted by atomic mass is 9.89. The van der Waals surface area contributed by atoms with Gasteiger partial charge in [-0.1, -0.05) is 42.5 Å². The molecule has 2 aromatic carbocycles. The molecule has 1 aliphatic heterocycles. The van der Waals surface area contributed by atoms with E-state index in [1.54, 1.807) is 12.1 Å². The molecule has 1 aliphatic rings. The molecule has 4 unspecified atom stereocenters. The lowest BCUT2D eigenvalue weighted by molar-refractivity contribution is -0.154. The first-order valence-corrected chi connectivity index (χ1v) is 9.46. The number of ether oxygens (including phenoxy) is 3. The zero-order valence-electron chi connectivity index (χ0n) is 15.9. The lowest BCUT2D eigenvalue weighted by Gasteiger charge is -2.31. The van der Waals surface area contributed by atoms with Crippen LogP contribution in [0.5, 0.6) is 0 Å². The SMILES string of the molecule is CC1OC(=O)C(N)COCC(OCc2ccccc2)C1Cc1ccc(F)cc1. The van der Waals surface area contributed by atoms with E-state index in [-0.39, 0.29) is 24.4 Å². The third kappa shape index (κ3) is 5.61. The second-order valence-electron chi connectivity index (χ2n) is 7.12. The first-order chi connectivity index (χ1) is 13.5. The van der Waals surface area contributed by atoms with E-state index in [9.17, 15) is 9.18 Å². The topological polar surface area (TPSA) is 70.8 Å². The highest BCUT2D eigenvalue weighted by Crippen LogP contribution is 2.24. The Bertz CT molecular complexity index is 753. The highest BCUT2D eigenvalue weighted by Gasteiger charge is 2.34. The van der Waals surface area contributed by atoms with Gasteiger partial charge in [0.15, 0.2) is 0 Å². The van der Waals surface area contributed by atoms with Crippen LogP contribution in [0.3, 0.4) is 0 Å². The van der Waals surface area contributed by atoms with Crippen molar-refractivity contribution in [2.75, 3.05) is 13.2 Å². The molecule has 0 amide bonds. The van der Waals surface area contributed by atoms with Crippen molar-refractivity contribution >= 4 is 5.97 Å². The Morgan fingerprint density at radius 3 is 2.50 bits per heavy atom. The Balaban J connectivity index is 1.79. The fraction of sp³-hybridized carbons (Fsp3) is 0.409. The number of carbonyl (C=O) groups is 1. The van der Waals surface area contributed by atoms with Crippen LogP contribution in [0.2, 0.25) is 0 Å². The summed E-state index contributed by atoms with van der Waals surface area (Å²) in [5, 5.41) is 0. The molecule has 0 aliphatic carbocycles. The molecule has 1 saturated heterocycles. The fourth-order valence-corrected chi connectivity index (χ4v) is 3.30. The van der Waals surface area contributed by atoms with E-state index in [0.717, 1.165) is 11.1 Å². The van der Waals surface area contributed by atoms with Crippen LogP contribution in [0.25, 0.3) is 0 Å². The number of esters is 1. The van der Waals surface area contributed by atoms with E-state index in [0.29, 0.717) is 19.6 Å². The first-order valence-electron chi connectivity index (χ1n) is 9.46. The van der Waals surface area contributed by atoms with Gasteiger partial charge in [0, 0.05) is 5.92 Å². The number of nitrogens with two attached hydrogens (primary N) is 1. The highest BCUT2D eigenvalue weighted by atomic mass is 19.1. The number of hydrogen-bond acceptors (Lipinski definition) is 5. The van der Waals surface area contributed by atoms with Crippen molar-refractivity contribution < 1.29 is 23.4 Å². The largest absolute Gasteiger partial charge is 0.461 e. The summed E-state index contributed by atoms with van der Waals surface area (Å²) in [4.78, 5) is 12.1. The third-order valence-corrected chi connectivity index (χ3v) is 4.96. The van der Waals surface area contributed by atoms with Crippen molar-refractivity contribution in [2.45, 2.75) is 38.2 Å². The number of benzene rings is 2. The van der Waals surface area contributed by atoms with E-state index in [1.165, 1.54) is 12.1 Å². The van der Waals surface area contributed by atoms with Crippen LogP contribution in [0.1, 0.15) is 18.1 Å². The quantitative estimate of drug-likeness (QED) is 0.799. The zero-order chi connectivity index (χ0) is 19.9. The molecule has 6 heteroatoms. The Hall–Kier alpha value is -2.28. The lowest BCUT2D eigenvalue weighted by Crippen LogP contribution is -2.40. The van der Waals surface area contributed by atoms with Gasteiger partial charge >= 0.3 is 5.97 Å². The first kappa shape index (κ1) is 20.5.